The second-order valence-corrected chi connectivity index (χ2v) is 11.3. The number of terminal acetylenes is 1. The van der Waals surface area contributed by atoms with Crippen molar-refractivity contribution in [3.63, 3.8) is 0 Å². The smallest absolute Gasteiger partial charge is 0.109 e. The topological polar surface area (TPSA) is 15.7 Å². The number of benzene rings is 1. The van der Waals surface area contributed by atoms with E-state index >= 15 is 0 Å². The van der Waals surface area contributed by atoms with Crippen molar-refractivity contribution in [1.29, 1.82) is 0 Å². The van der Waals surface area contributed by atoms with Crippen LogP contribution in [0.1, 0.15) is 53.9 Å². The number of anilines is 1. The molecule has 240 valence electrons. The molecule has 0 spiro atoms. The molecule has 1 aliphatic heterocycles. The normalized spacial score (nSPS) is 19.0. The third kappa shape index (κ3) is 11.6. The Bertz CT molecular complexity index is 1540. The summed E-state index contributed by atoms with van der Waals surface area (Å²) < 4.78 is 5.96. The number of likely N-dealkylation sites (N-methyl/N-ethyl adjacent to an activating group) is 1. The highest BCUT2D eigenvalue weighted by atomic mass is 16.5. The molecule has 1 aromatic rings. The molecule has 0 saturated carbocycles. The molecule has 46 heavy (non-hydrogen) atoms. The Labute approximate surface area is 279 Å². The lowest BCUT2D eigenvalue weighted by molar-refractivity contribution is 0.226. The summed E-state index contributed by atoms with van der Waals surface area (Å²) in [6, 6.07) is 10.4. The van der Waals surface area contributed by atoms with E-state index in [1.54, 1.807) is 6.08 Å². The Kier molecular flexibility index (Phi) is 16.4. The zero-order valence-corrected chi connectivity index (χ0v) is 28.9. The van der Waals surface area contributed by atoms with Gasteiger partial charge in [0.1, 0.15) is 12.4 Å². The van der Waals surface area contributed by atoms with Crippen molar-refractivity contribution in [2.45, 2.75) is 53.9 Å². The van der Waals surface area contributed by atoms with Gasteiger partial charge in [-0.3, -0.25) is 0 Å². The summed E-state index contributed by atoms with van der Waals surface area (Å²) in [7, 11) is 2.08. The van der Waals surface area contributed by atoms with Crippen LogP contribution in [0.3, 0.4) is 0 Å². The molecule has 0 amide bonds. The predicted octanol–water partition coefficient (Wildman–Crippen LogP) is 10.9. The Balaban J connectivity index is 2.18. The molecule has 0 N–H and O–H groups in total. The van der Waals surface area contributed by atoms with Crippen molar-refractivity contribution < 1.29 is 4.74 Å². The lowest BCUT2D eigenvalue weighted by atomic mass is 10.0. The average Bonchev–Trinajstić information content (AvgIpc) is 3.10. The van der Waals surface area contributed by atoms with Crippen LogP contribution in [0.4, 0.5) is 5.69 Å². The molecule has 0 fully saturated rings. The van der Waals surface area contributed by atoms with Crippen LogP contribution in [-0.4, -0.2) is 25.1 Å². The fourth-order valence-corrected chi connectivity index (χ4v) is 5.06. The summed E-state index contributed by atoms with van der Waals surface area (Å²) in [5, 5.41) is 0. The highest BCUT2D eigenvalue weighted by molar-refractivity contribution is 5.62. The van der Waals surface area contributed by atoms with Gasteiger partial charge < -0.3 is 14.5 Å². The first-order valence-corrected chi connectivity index (χ1v) is 15.9. The standard InChI is InChI=1S/C43H52N2O/c1-11-21-34(6)33-43(46-32-12-2)39(14-4)22-19-20-31-44(10)41(15-5)30-29-38(13-3)40-27-25-35(7)37(9)45(36(8)26-28-40)42-23-17-16-18-24-42/h4,11-12,15-21,23-24,26-30,34H,2-3,8,22,25,31-33H2,1,5-7,9-10H3/b20-19-,21-11-,28-26-,30-29-,37-35-,40-27+,41-15+,43-39-. The minimum absolute atomic E-state index is 0.340. The SMILES string of the molecule is C#C/C(C/C=C\CN(C)C(/C=C\C(=C=C)C1=C/C/C(C)=C(/C)N(c2ccccc2)C(=C)/C=C\1)=C/C)=C(\CC(C)/C=C\C)OCC=C. The maximum atomic E-state index is 5.96. The van der Waals surface area contributed by atoms with Gasteiger partial charge in [0, 0.05) is 60.4 Å². The molecule has 0 saturated heterocycles. The van der Waals surface area contributed by atoms with Crippen LogP contribution in [0.15, 0.2) is 168 Å². The van der Waals surface area contributed by atoms with E-state index < -0.39 is 0 Å². The number of nitrogens with zero attached hydrogens (tertiary/aromatic N) is 2. The minimum Gasteiger partial charge on any atom is -0.493 e. The maximum absolute atomic E-state index is 5.96. The average molecular weight is 613 g/mol. The molecule has 1 atom stereocenters. The summed E-state index contributed by atoms with van der Waals surface area (Å²) in [4.78, 5) is 4.40. The van der Waals surface area contributed by atoms with E-state index in [0.29, 0.717) is 18.9 Å². The lowest BCUT2D eigenvalue weighted by Crippen LogP contribution is -2.19. The molecule has 2 rings (SSSR count). The molecule has 3 heteroatoms. The third-order valence-electron chi connectivity index (χ3n) is 7.78. The third-order valence-corrected chi connectivity index (χ3v) is 7.78. The quantitative estimate of drug-likeness (QED) is 0.0644. The second-order valence-electron chi connectivity index (χ2n) is 11.3. The molecule has 1 aromatic carbocycles. The minimum atomic E-state index is 0.340. The molecule has 3 nitrogen and oxygen atoms in total. The molecule has 0 radical (unpaired) electrons. The van der Waals surface area contributed by atoms with Gasteiger partial charge in [-0.1, -0.05) is 99.4 Å². The number of rotatable bonds is 15. The summed E-state index contributed by atoms with van der Waals surface area (Å²) in [6.07, 6.45) is 31.0. The maximum Gasteiger partial charge on any atom is 0.109 e. The van der Waals surface area contributed by atoms with Crippen molar-refractivity contribution in [3.8, 4) is 12.3 Å². The zero-order chi connectivity index (χ0) is 33.9. The van der Waals surface area contributed by atoms with Crippen LogP contribution in [0, 0.1) is 18.3 Å². The highest BCUT2D eigenvalue weighted by Crippen LogP contribution is 2.29. The van der Waals surface area contributed by atoms with Gasteiger partial charge >= 0.3 is 0 Å². The van der Waals surface area contributed by atoms with E-state index in [1.807, 2.05) is 19.9 Å². The molecule has 0 bridgehead atoms. The molecule has 0 aromatic heterocycles. The van der Waals surface area contributed by atoms with Crippen LogP contribution in [-0.2, 0) is 4.74 Å². The second kappa shape index (κ2) is 20.2. The number of hydrogen-bond acceptors (Lipinski definition) is 3. The highest BCUT2D eigenvalue weighted by Gasteiger charge is 2.15. The number of ether oxygens (including phenoxy) is 1. The Morgan fingerprint density at radius 3 is 2.50 bits per heavy atom. The molecule has 1 unspecified atom stereocenters. The van der Waals surface area contributed by atoms with Crippen molar-refractivity contribution in [1.82, 2.24) is 4.90 Å². The predicted molar refractivity (Wildman–Crippen MR) is 201 cm³/mol. The largest absolute Gasteiger partial charge is 0.493 e. The van der Waals surface area contributed by atoms with Crippen LogP contribution in [0.25, 0.3) is 0 Å². The summed E-state index contributed by atoms with van der Waals surface area (Å²) in [6.45, 7) is 23.9. The lowest BCUT2D eigenvalue weighted by Gasteiger charge is -2.27. The van der Waals surface area contributed by atoms with Crippen LogP contribution < -0.4 is 4.90 Å². The molecular formula is C43H52N2O. The summed E-state index contributed by atoms with van der Waals surface area (Å²) in [5.41, 5.74) is 11.5. The van der Waals surface area contributed by atoms with Gasteiger partial charge in [0.25, 0.3) is 0 Å². The number of para-hydroxylation sites is 1. The van der Waals surface area contributed by atoms with Gasteiger partial charge in [0.15, 0.2) is 0 Å². The van der Waals surface area contributed by atoms with Crippen molar-refractivity contribution in [2.24, 2.45) is 5.92 Å². The van der Waals surface area contributed by atoms with Crippen LogP contribution in [0.2, 0.25) is 0 Å². The van der Waals surface area contributed by atoms with Crippen LogP contribution in [0.5, 0.6) is 0 Å². The summed E-state index contributed by atoms with van der Waals surface area (Å²) in [5.74, 6) is 4.05. The van der Waals surface area contributed by atoms with Crippen LogP contribution >= 0.6 is 0 Å². The zero-order valence-electron chi connectivity index (χ0n) is 28.9. The Morgan fingerprint density at radius 2 is 1.87 bits per heavy atom. The first-order chi connectivity index (χ1) is 22.2. The molecule has 1 heterocycles. The van der Waals surface area contributed by atoms with E-state index in [-0.39, 0.29) is 0 Å². The fraction of sp³-hybridized carbons (Fsp3) is 0.279. The van der Waals surface area contributed by atoms with E-state index in [4.69, 9.17) is 11.2 Å². The first kappa shape index (κ1) is 37.3. The van der Waals surface area contributed by atoms with Crippen molar-refractivity contribution in [3.05, 3.63) is 168 Å². The van der Waals surface area contributed by atoms with Gasteiger partial charge in [-0.15, -0.1) is 12.2 Å². The number of hydrogen-bond donors (Lipinski definition) is 0. The Hall–Kier alpha value is -4.90. The Morgan fingerprint density at radius 1 is 1.13 bits per heavy atom. The van der Waals surface area contributed by atoms with Crippen molar-refractivity contribution in [2.75, 3.05) is 25.1 Å². The van der Waals surface area contributed by atoms with E-state index in [1.165, 1.54) is 11.3 Å². The molecule has 0 aliphatic carbocycles. The van der Waals surface area contributed by atoms with E-state index in [2.05, 4.69) is 154 Å². The molecular weight excluding hydrogens is 560 g/mol. The van der Waals surface area contributed by atoms with Crippen molar-refractivity contribution >= 4 is 5.69 Å². The molecule has 1 aliphatic rings. The van der Waals surface area contributed by atoms with Gasteiger partial charge in [0.2, 0.25) is 0 Å². The monoisotopic (exact) mass is 612 g/mol. The van der Waals surface area contributed by atoms with Gasteiger partial charge in [-0.25, -0.2) is 0 Å². The van der Waals surface area contributed by atoms with Gasteiger partial charge in [0.05, 0.1) is 0 Å². The first-order valence-electron chi connectivity index (χ1n) is 15.9. The van der Waals surface area contributed by atoms with E-state index in [9.17, 15) is 0 Å². The number of allylic oxidation sites excluding steroid dienone is 15. The van der Waals surface area contributed by atoms with E-state index in [0.717, 1.165) is 58.9 Å². The van der Waals surface area contributed by atoms with Gasteiger partial charge in [-0.2, -0.15) is 0 Å². The van der Waals surface area contributed by atoms with Gasteiger partial charge in [-0.05, 0) is 81.5 Å². The summed E-state index contributed by atoms with van der Waals surface area (Å²) >= 11 is 0. The fourth-order valence-electron chi connectivity index (χ4n) is 5.06.